The molecule has 0 amide bonds. The van der Waals surface area contributed by atoms with Gasteiger partial charge in [-0.1, -0.05) is 12.1 Å². The van der Waals surface area contributed by atoms with Crippen LogP contribution in [0.5, 0.6) is 0 Å². The maximum Gasteiger partial charge on any atom is 0.138 e. The Labute approximate surface area is 134 Å². The minimum Gasteiger partial charge on any atom is -0.295 e. The molecule has 0 aliphatic heterocycles. The van der Waals surface area contributed by atoms with Crippen LogP contribution in [0.25, 0.3) is 5.69 Å². The third-order valence-electron chi connectivity index (χ3n) is 3.79. The van der Waals surface area contributed by atoms with Gasteiger partial charge in [0.15, 0.2) is 0 Å². The van der Waals surface area contributed by atoms with Crippen LogP contribution in [0.1, 0.15) is 28.4 Å². The summed E-state index contributed by atoms with van der Waals surface area (Å²) >= 11 is 1.76. The van der Waals surface area contributed by atoms with Crippen LogP contribution < -0.4 is 0 Å². The highest BCUT2D eigenvalue weighted by molar-refractivity contribution is 7.11. The molecule has 22 heavy (non-hydrogen) atoms. The van der Waals surface area contributed by atoms with E-state index in [0.29, 0.717) is 6.04 Å². The summed E-state index contributed by atoms with van der Waals surface area (Å²) in [6, 6.07) is 8.79. The fourth-order valence-corrected chi connectivity index (χ4v) is 3.22. The van der Waals surface area contributed by atoms with Gasteiger partial charge < -0.3 is 0 Å². The fraction of sp³-hybridized carbons (Fsp3) is 0.312. The Kier molecular flexibility index (Phi) is 4.31. The average molecular weight is 313 g/mol. The summed E-state index contributed by atoms with van der Waals surface area (Å²) in [4.78, 5) is 11.9. The molecular formula is C16H19N5S. The molecule has 3 aromatic rings. The predicted octanol–water partition coefficient (Wildman–Crippen LogP) is 3.23. The van der Waals surface area contributed by atoms with Gasteiger partial charge in [0.1, 0.15) is 12.7 Å². The van der Waals surface area contributed by atoms with Gasteiger partial charge in [-0.3, -0.25) is 4.90 Å². The first-order valence-corrected chi connectivity index (χ1v) is 8.01. The number of benzene rings is 1. The monoisotopic (exact) mass is 313 g/mol. The van der Waals surface area contributed by atoms with Gasteiger partial charge in [0.2, 0.25) is 0 Å². The van der Waals surface area contributed by atoms with Crippen LogP contribution in [0, 0.1) is 6.92 Å². The summed E-state index contributed by atoms with van der Waals surface area (Å²) in [5.41, 5.74) is 2.31. The molecule has 0 unspecified atom stereocenters. The van der Waals surface area contributed by atoms with Crippen LogP contribution in [0.4, 0.5) is 0 Å². The number of aromatic nitrogens is 4. The number of hydrogen-bond donors (Lipinski definition) is 0. The third kappa shape index (κ3) is 3.23. The number of aryl methyl sites for hydroxylation is 1. The standard InChI is InChI=1S/C16H19N5S/c1-12(20(3)9-16-8-18-13(2)22-16)14-4-6-15(7-5-14)21-11-17-10-19-21/h4-8,10-12H,9H2,1-3H3/t12-/m0/s1. The highest BCUT2D eigenvalue weighted by Crippen LogP contribution is 2.23. The minimum absolute atomic E-state index is 0.340. The van der Waals surface area contributed by atoms with Gasteiger partial charge in [0, 0.05) is 23.7 Å². The van der Waals surface area contributed by atoms with Crippen molar-refractivity contribution in [2.75, 3.05) is 7.05 Å². The van der Waals surface area contributed by atoms with E-state index < -0.39 is 0 Å². The summed E-state index contributed by atoms with van der Waals surface area (Å²) in [5, 5.41) is 5.26. The normalized spacial score (nSPS) is 12.7. The third-order valence-corrected chi connectivity index (χ3v) is 4.69. The van der Waals surface area contributed by atoms with E-state index in [1.54, 1.807) is 28.7 Å². The molecule has 0 fully saturated rings. The SMILES string of the molecule is Cc1ncc(CN(C)[C@@H](C)c2ccc(-n3cncn3)cc2)s1. The molecule has 2 heterocycles. The molecule has 1 atom stereocenters. The van der Waals surface area contributed by atoms with Crippen molar-refractivity contribution in [3.8, 4) is 5.69 Å². The van der Waals surface area contributed by atoms with Gasteiger partial charge in [-0.2, -0.15) is 5.10 Å². The summed E-state index contributed by atoms with van der Waals surface area (Å²) in [5.74, 6) is 0. The summed E-state index contributed by atoms with van der Waals surface area (Å²) in [7, 11) is 2.14. The van der Waals surface area contributed by atoms with Crippen molar-refractivity contribution in [1.82, 2.24) is 24.6 Å². The van der Waals surface area contributed by atoms with Gasteiger partial charge in [0.25, 0.3) is 0 Å². The zero-order valence-electron chi connectivity index (χ0n) is 13.0. The van der Waals surface area contributed by atoms with Crippen molar-refractivity contribution in [3.05, 3.63) is 58.6 Å². The Morgan fingerprint density at radius 1 is 1.27 bits per heavy atom. The fourth-order valence-electron chi connectivity index (χ4n) is 2.36. The molecule has 0 spiro atoms. The largest absolute Gasteiger partial charge is 0.295 e. The van der Waals surface area contributed by atoms with Crippen LogP contribution in [0.2, 0.25) is 0 Å². The summed E-state index contributed by atoms with van der Waals surface area (Å²) in [6.45, 7) is 5.18. The molecule has 0 saturated carbocycles. The molecule has 2 aromatic heterocycles. The maximum atomic E-state index is 4.32. The first-order chi connectivity index (χ1) is 10.6. The molecule has 0 aliphatic carbocycles. The zero-order chi connectivity index (χ0) is 15.5. The van der Waals surface area contributed by atoms with E-state index in [1.807, 2.05) is 13.1 Å². The van der Waals surface area contributed by atoms with Crippen LogP contribution in [-0.4, -0.2) is 31.7 Å². The van der Waals surface area contributed by atoms with Crippen molar-refractivity contribution >= 4 is 11.3 Å². The molecule has 3 rings (SSSR count). The Hall–Kier alpha value is -2.05. The number of hydrogen-bond acceptors (Lipinski definition) is 5. The summed E-state index contributed by atoms with van der Waals surface area (Å²) in [6.07, 6.45) is 5.22. The van der Waals surface area contributed by atoms with E-state index in [0.717, 1.165) is 17.2 Å². The van der Waals surface area contributed by atoms with E-state index in [4.69, 9.17) is 0 Å². The second-order valence-electron chi connectivity index (χ2n) is 5.37. The Morgan fingerprint density at radius 2 is 2.05 bits per heavy atom. The van der Waals surface area contributed by atoms with Gasteiger partial charge in [-0.15, -0.1) is 11.3 Å². The van der Waals surface area contributed by atoms with Crippen molar-refractivity contribution in [3.63, 3.8) is 0 Å². The van der Waals surface area contributed by atoms with Crippen molar-refractivity contribution in [2.24, 2.45) is 0 Å². The molecule has 5 nitrogen and oxygen atoms in total. The molecule has 0 radical (unpaired) electrons. The highest BCUT2D eigenvalue weighted by atomic mass is 32.1. The van der Waals surface area contributed by atoms with Crippen LogP contribution in [-0.2, 0) is 6.54 Å². The molecule has 0 N–H and O–H groups in total. The first-order valence-electron chi connectivity index (χ1n) is 7.20. The number of nitrogens with zero attached hydrogens (tertiary/aromatic N) is 5. The van der Waals surface area contributed by atoms with E-state index in [1.165, 1.54) is 10.4 Å². The van der Waals surface area contributed by atoms with Gasteiger partial charge >= 0.3 is 0 Å². The minimum atomic E-state index is 0.340. The maximum absolute atomic E-state index is 4.32. The van der Waals surface area contributed by atoms with Crippen molar-refractivity contribution in [2.45, 2.75) is 26.4 Å². The lowest BCUT2D eigenvalue weighted by Crippen LogP contribution is -2.21. The Morgan fingerprint density at radius 3 is 2.64 bits per heavy atom. The van der Waals surface area contributed by atoms with Crippen molar-refractivity contribution < 1.29 is 0 Å². The van der Waals surface area contributed by atoms with Gasteiger partial charge in [-0.25, -0.2) is 14.6 Å². The molecule has 0 aliphatic rings. The van der Waals surface area contributed by atoms with E-state index >= 15 is 0 Å². The number of thiazole rings is 1. The molecule has 114 valence electrons. The molecule has 6 heteroatoms. The Balaban J connectivity index is 1.70. The highest BCUT2D eigenvalue weighted by Gasteiger charge is 2.13. The topological polar surface area (TPSA) is 46.8 Å². The molecule has 0 bridgehead atoms. The quantitative estimate of drug-likeness (QED) is 0.725. The average Bonchev–Trinajstić information content (AvgIpc) is 3.18. The lowest BCUT2D eigenvalue weighted by molar-refractivity contribution is 0.255. The van der Waals surface area contributed by atoms with Gasteiger partial charge in [0.05, 0.1) is 10.7 Å². The lowest BCUT2D eigenvalue weighted by atomic mass is 10.1. The molecular weight excluding hydrogens is 294 g/mol. The van der Waals surface area contributed by atoms with Crippen molar-refractivity contribution in [1.29, 1.82) is 0 Å². The van der Waals surface area contributed by atoms with Crippen LogP contribution >= 0.6 is 11.3 Å². The predicted molar refractivity (Wildman–Crippen MR) is 88.1 cm³/mol. The van der Waals surface area contributed by atoms with E-state index in [-0.39, 0.29) is 0 Å². The van der Waals surface area contributed by atoms with E-state index in [9.17, 15) is 0 Å². The molecule has 0 saturated heterocycles. The number of rotatable bonds is 5. The molecule has 1 aromatic carbocycles. The van der Waals surface area contributed by atoms with Crippen LogP contribution in [0.3, 0.4) is 0 Å². The second kappa shape index (κ2) is 6.37. The Bertz CT molecular complexity index is 717. The second-order valence-corrected chi connectivity index (χ2v) is 6.69. The smallest absolute Gasteiger partial charge is 0.138 e. The lowest BCUT2D eigenvalue weighted by Gasteiger charge is -2.24. The first kappa shape index (κ1) is 14.9. The zero-order valence-corrected chi connectivity index (χ0v) is 13.8. The summed E-state index contributed by atoms with van der Waals surface area (Å²) < 4.78 is 1.76. The van der Waals surface area contributed by atoms with E-state index in [2.05, 4.69) is 58.2 Å². The van der Waals surface area contributed by atoms with Crippen LogP contribution in [0.15, 0.2) is 43.1 Å². The van der Waals surface area contributed by atoms with Gasteiger partial charge in [-0.05, 0) is 38.6 Å².